The quantitative estimate of drug-likeness (QED) is 0.291. The summed E-state index contributed by atoms with van der Waals surface area (Å²) in [5.74, 6) is 0.556. The van der Waals surface area contributed by atoms with Gasteiger partial charge in [-0.1, -0.05) is 29.8 Å². The molecule has 4 saturated heterocycles. The fraction of sp³-hybridized carbons (Fsp3) is 0.720. The van der Waals surface area contributed by atoms with Crippen LogP contribution in [0.4, 0.5) is 0 Å². The Morgan fingerprint density at radius 1 is 1.12 bits per heavy atom. The Balaban J connectivity index is 1.23. The van der Waals surface area contributed by atoms with Gasteiger partial charge in [0.15, 0.2) is 11.9 Å². The zero-order valence-corrected chi connectivity index (χ0v) is 20.6. The van der Waals surface area contributed by atoms with Gasteiger partial charge in [0.25, 0.3) is 0 Å². The molecule has 2 bridgehead atoms. The van der Waals surface area contributed by atoms with E-state index in [-0.39, 0.29) is 12.1 Å². The number of carbonyl (C=O) groups excluding carboxylic acids is 1. The maximum Gasteiger partial charge on any atom is 0.338 e. The highest BCUT2D eigenvalue weighted by atomic mass is 79.9. The summed E-state index contributed by atoms with van der Waals surface area (Å²) >= 11 is 3.38. The van der Waals surface area contributed by atoms with Gasteiger partial charge < -0.3 is 14.2 Å². The minimum atomic E-state index is -0.747. The van der Waals surface area contributed by atoms with Crippen LogP contribution >= 0.6 is 15.9 Å². The summed E-state index contributed by atoms with van der Waals surface area (Å²) in [4.78, 5) is 24.3. The van der Waals surface area contributed by atoms with Gasteiger partial charge in [0.05, 0.1) is 18.3 Å². The number of fused-ring (bicyclic) bond motifs is 2. The molecule has 0 N–H and O–H groups in total. The molecule has 176 valence electrons. The van der Waals surface area contributed by atoms with Gasteiger partial charge >= 0.3 is 5.97 Å². The summed E-state index contributed by atoms with van der Waals surface area (Å²) in [5, 5.41) is 0. The van der Waals surface area contributed by atoms with Crippen LogP contribution in [0.1, 0.15) is 69.7 Å². The lowest BCUT2D eigenvalue weighted by Crippen LogP contribution is -2.70. The van der Waals surface area contributed by atoms with E-state index in [4.69, 9.17) is 24.0 Å². The third-order valence-electron chi connectivity index (χ3n) is 8.24. The van der Waals surface area contributed by atoms with Crippen molar-refractivity contribution in [1.29, 1.82) is 0 Å². The Morgan fingerprint density at radius 2 is 1.91 bits per heavy atom. The first-order valence-corrected chi connectivity index (χ1v) is 12.7. The molecule has 5 fully saturated rings. The topological polar surface area (TPSA) is 63.2 Å². The van der Waals surface area contributed by atoms with E-state index in [1.807, 2.05) is 19.1 Å². The predicted octanol–water partition coefficient (Wildman–Crippen LogP) is 5.64. The average Bonchev–Trinajstić information content (AvgIpc) is 3.00. The number of rotatable bonds is 5. The van der Waals surface area contributed by atoms with Gasteiger partial charge in [-0.2, -0.15) is 0 Å². The van der Waals surface area contributed by atoms with Gasteiger partial charge in [-0.3, -0.25) is 0 Å². The van der Waals surface area contributed by atoms with Crippen molar-refractivity contribution >= 4 is 21.9 Å². The number of carbonyl (C=O) groups is 1. The fourth-order valence-corrected chi connectivity index (χ4v) is 6.69. The minimum Gasteiger partial charge on any atom is -0.462 e. The molecule has 1 aromatic rings. The van der Waals surface area contributed by atoms with E-state index < -0.39 is 17.7 Å². The Labute approximate surface area is 198 Å². The minimum absolute atomic E-state index is 0.0441. The molecule has 4 aliphatic heterocycles. The van der Waals surface area contributed by atoms with Crippen LogP contribution in [0.15, 0.2) is 28.7 Å². The molecule has 1 saturated carbocycles. The lowest BCUT2D eigenvalue weighted by Gasteiger charge is -2.60. The third kappa shape index (κ3) is 3.84. The third-order valence-corrected chi connectivity index (χ3v) is 8.77. The molecule has 6 rings (SSSR count). The van der Waals surface area contributed by atoms with E-state index in [1.165, 1.54) is 6.42 Å². The predicted molar refractivity (Wildman–Crippen MR) is 120 cm³/mol. The molecule has 4 heterocycles. The molecule has 1 unspecified atom stereocenters. The van der Waals surface area contributed by atoms with Crippen molar-refractivity contribution in [1.82, 2.24) is 0 Å². The summed E-state index contributed by atoms with van der Waals surface area (Å²) < 4.78 is 19.4. The van der Waals surface area contributed by atoms with E-state index in [0.29, 0.717) is 35.8 Å². The average molecular weight is 509 g/mol. The standard InChI is InChI=1S/C25H33BrO6/c1-15-6-11-20-16(2)21(5-4-14-28-22(27)17-7-9-18(26)10-8-17)29-23-25(20)19(15)12-13-24(3,30-23)31-32-25/h7-10,15-16,19-21,23H,4-6,11-14H2,1-3H3/t15-,16-,19+,20+,21-,23?,24-,25-/m1/s1. The van der Waals surface area contributed by atoms with Gasteiger partial charge in [-0.05, 0) is 81.0 Å². The lowest BCUT2D eigenvalue weighted by atomic mass is 9.57. The van der Waals surface area contributed by atoms with Crippen molar-refractivity contribution in [3.05, 3.63) is 34.3 Å². The van der Waals surface area contributed by atoms with E-state index in [1.54, 1.807) is 12.1 Å². The van der Waals surface area contributed by atoms with E-state index in [9.17, 15) is 4.79 Å². The van der Waals surface area contributed by atoms with Gasteiger partial charge in [0.2, 0.25) is 5.79 Å². The number of ether oxygens (including phenoxy) is 3. The van der Waals surface area contributed by atoms with Crippen molar-refractivity contribution in [2.24, 2.45) is 23.7 Å². The SMILES string of the molecule is C[C@H]1[C@@H](CCCOC(=O)c2ccc(Br)cc2)OC2O[C@@]3(C)CC[C@H]4[C@H](C)CC[C@@H]1[C@@]24OO3. The summed E-state index contributed by atoms with van der Waals surface area (Å²) in [6.45, 7) is 6.92. The molecule has 32 heavy (non-hydrogen) atoms. The Hall–Kier alpha value is -0.990. The van der Waals surface area contributed by atoms with E-state index >= 15 is 0 Å². The summed E-state index contributed by atoms with van der Waals surface area (Å²) in [6.07, 6.45) is 5.36. The summed E-state index contributed by atoms with van der Waals surface area (Å²) in [6, 6.07) is 7.21. The first-order chi connectivity index (χ1) is 15.3. The van der Waals surface area contributed by atoms with Crippen LogP contribution in [-0.4, -0.2) is 36.4 Å². The van der Waals surface area contributed by atoms with Crippen molar-refractivity contribution in [2.45, 2.75) is 83.1 Å². The molecule has 1 aromatic carbocycles. The highest BCUT2D eigenvalue weighted by Crippen LogP contribution is 2.60. The van der Waals surface area contributed by atoms with Crippen LogP contribution in [0.25, 0.3) is 0 Å². The molecule has 1 spiro atoms. The lowest BCUT2D eigenvalue weighted by molar-refractivity contribution is -0.571. The molecule has 1 aliphatic carbocycles. The number of hydrogen-bond donors (Lipinski definition) is 0. The van der Waals surface area contributed by atoms with Gasteiger partial charge in [-0.15, -0.1) is 0 Å². The van der Waals surface area contributed by atoms with E-state index in [0.717, 1.165) is 36.6 Å². The largest absolute Gasteiger partial charge is 0.462 e. The molecule has 0 amide bonds. The first-order valence-electron chi connectivity index (χ1n) is 12.0. The van der Waals surface area contributed by atoms with Crippen LogP contribution < -0.4 is 0 Å². The van der Waals surface area contributed by atoms with Gasteiger partial charge in [0.1, 0.15) is 0 Å². The van der Waals surface area contributed by atoms with Crippen molar-refractivity contribution in [2.75, 3.05) is 6.61 Å². The van der Waals surface area contributed by atoms with Crippen molar-refractivity contribution in [3.8, 4) is 0 Å². The van der Waals surface area contributed by atoms with Crippen LogP contribution in [0.2, 0.25) is 0 Å². The Morgan fingerprint density at radius 3 is 2.69 bits per heavy atom. The molecule has 6 nitrogen and oxygen atoms in total. The first kappa shape index (κ1) is 22.8. The summed E-state index contributed by atoms with van der Waals surface area (Å²) in [5.41, 5.74) is 0.0468. The van der Waals surface area contributed by atoms with Crippen LogP contribution in [0.3, 0.4) is 0 Å². The maximum absolute atomic E-state index is 12.3. The van der Waals surface area contributed by atoms with Crippen molar-refractivity contribution < 1.29 is 28.8 Å². The smallest absolute Gasteiger partial charge is 0.338 e. The summed E-state index contributed by atoms with van der Waals surface area (Å²) in [7, 11) is 0. The van der Waals surface area contributed by atoms with Crippen molar-refractivity contribution in [3.63, 3.8) is 0 Å². The second kappa shape index (κ2) is 8.66. The van der Waals surface area contributed by atoms with Gasteiger partial charge in [0, 0.05) is 16.8 Å². The molecule has 7 heteroatoms. The van der Waals surface area contributed by atoms with Crippen LogP contribution in [0.5, 0.6) is 0 Å². The monoisotopic (exact) mass is 508 g/mol. The zero-order valence-electron chi connectivity index (χ0n) is 19.1. The molecule has 8 atom stereocenters. The second-order valence-corrected chi connectivity index (χ2v) is 11.1. The molecule has 0 aromatic heterocycles. The second-order valence-electron chi connectivity index (χ2n) is 10.2. The Bertz CT molecular complexity index is 845. The molecular formula is C25H33BrO6. The number of esters is 1. The molecular weight excluding hydrogens is 476 g/mol. The zero-order chi connectivity index (χ0) is 22.5. The number of hydrogen-bond acceptors (Lipinski definition) is 6. The fourth-order valence-electron chi connectivity index (χ4n) is 6.43. The molecule has 0 radical (unpaired) electrons. The van der Waals surface area contributed by atoms with Gasteiger partial charge in [-0.25, -0.2) is 14.6 Å². The van der Waals surface area contributed by atoms with E-state index in [2.05, 4.69) is 29.8 Å². The number of benzene rings is 1. The van der Waals surface area contributed by atoms with Crippen LogP contribution in [-0.2, 0) is 24.0 Å². The maximum atomic E-state index is 12.3. The highest BCUT2D eigenvalue weighted by Gasteiger charge is 2.69. The highest BCUT2D eigenvalue weighted by molar-refractivity contribution is 9.10. The van der Waals surface area contributed by atoms with Crippen LogP contribution in [0, 0.1) is 23.7 Å². The molecule has 5 aliphatic rings. The normalized spacial score (nSPS) is 42.8. The number of halogens is 1. The Kier molecular flexibility index (Phi) is 6.16.